The number of fused-ring (bicyclic) bond motifs is 2. The number of aromatic nitrogens is 1. The topological polar surface area (TPSA) is 51.7 Å². The third-order valence-electron chi connectivity index (χ3n) is 4.10. The van der Waals surface area contributed by atoms with E-state index in [1.165, 1.54) is 0 Å². The molecule has 132 valence electrons. The Hall–Kier alpha value is -2.86. The van der Waals surface area contributed by atoms with Gasteiger partial charge in [-0.25, -0.2) is 4.98 Å². The van der Waals surface area contributed by atoms with Gasteiger partial charge in [-0.05, 0) is 30.3 Å². The summed E-state index contributed by atoms with van der Waals surface area (Å²) < 4.78 is 12.7. The van der Waals surface area contributed by atoms with Gasteiger partial charge < -0.3 is 14.4 Å². The Morgan fingerprint density at radius 1 is 1.23 bits per heavy atom. The Morgan fingerprint density at radius 2 is 2.00 bits per heavy atom. The second-order valence-electron chi connectivity index (χ2n) is 6.07. The molecule has 0 saturated heterocycles. The van der Waals surface area contributed by atoms with Crippen LogP contribution in [0.2, 0.25) is 0 Å². The first kappa shape index (κ1) is 16.6. The minimum Gasteiger partial charge on any atom is -0.486 e. The predicted molar refractivity (Wildman–Crippen MR) is 103 cm³/mol. The molecule has 0 saturated carbocycles. The van der Waals surface area contributed by atoms with Crippen LogP contribution in [0, 0.1) is 0 Å². The summed E-state index contributed by atoms with van der Waals surface area (Å²) in [6.07, 6.45) is 3.13. The normalized spacial score (nSPS) is 16.1. The summed E-state index contributed by atoms with van der Waals surface area (Å²) >= 11 is 1.57. The summed E-state index contributed by atoms with van der Waals surface area (Å²) in [7, 11) is 1.76. The van der Waals surface area contributed by atoms with Crippen molar-refractivity contribution in [3.63, 3.8) is 0 Å². The highest BCUT2D eigenvalue weighted by molar-refractivity contribution is 7.19. The number of amides is 1. The van der Waals surface area contributed by atoms with Gasteiger partial charge in [0.25, 0.3) is 0 Å². The molecule has 4 rings (SSSR count). The minimum atomic E-state index is -0.185. The van der Waals surface area contributed by atoms with E-state index in [4.69, 9.17) is 9.47 Å². The highest BCUT2D eigenvalue weighted by Crippen LogP contribution is 2.31. The van der Waals surface area contributed by atoms with E-state index < -0.39 is 0 Å². The lowest BCUT2D eigenvalue weighted by atomic mass is 10.2. The van der Waals surface area contributed by atoms with E-state index in [2.05, 4.69) is 4.98 Å². The van der Waals surface area contributed by atoms with E-state index in [9.17, 15) is 4.79 Å². The van der Waals surface area contributed by atoms with Crippen LogP contribution in [0.25, 0.3) is 16.3 Å². The maximum Gasteiger partial charge on any atom is 0.246 e. The molecule has 1 atom stereocenters. The van der Waals surface area contributed by atoms with Crippen LogP contribution >= 0.6 is 11.3 Å². The van der Waals surface area contributed by atoms with Crippen molar-refractivity contribution in [2.45, 2.75) is 6.10 Å². The monoisotopic (exact) mass is 366 g/mol. The molecule has 0 fully saturated rings. The molecule has 1 unspecified atom stereocenters. The van der Waals surface area contributed by atoms with Gasteiger partial charge in [0.15, 0.2) is 17.6 Å². The fourth-order valence-corrected chi connectivity index (χ4v) is 3.65. The van der Waals surface area contributed by atoms with Gasteiger partial charge in [-0.3, -0.25) is 4.79 Å². The van der Waals surface area contributed by atoms with E-state index >= 15 is 0 Å². The number of likely N-dealkylation sites (N-methyl/N-ethyl adjacent to an activating group) is 1. The van der Waals surface area contributed by atoms with Crippen molar-refractivity contribution < 1.29 is 14.3 Å². The van der Waals surface area contributed by atoms with Crippen LogP contribution in [-0.2, 0) is 4.79 Å². The second kappa shape index (κ2) is 7.17. The van der Waals surface area contributed by atoms with Gasteiger partial charge in [-0.15, -0.1) is 11.3 Å². The van der Waals surface area contributed by atoms with Crippen molar-refractivity contribution in [2.24, 2.45) is 0 Å². The largest absolute Gasteiger partial charge is 0.486 e. The number of hydrogen-bond donors (Lipinski definition) is 0. The van der Waals surface area contributed by atoms with Crippen molar-refractivity contribution in [3.8, 4) is 11.5 Å². The van der Waals surface area contributed by atoms with Crippen LogP contribution in [0.3, 0.4) is 0 Å². The molecule has 6 heteroatoms. The molecule has 0 N–H and O–H groups in total. The molecule has 5 nitrogen and oxygen atoms in total. The number of hydrogen-bond acceptors (Lipinski definition) is 5. The molecule has 0 radical (unpaired) electrons. The summed E-state index contributed by atoms with van der Waals surface area (Å²) in [6, 6.07) is 15.5. The molecular formula is C20H18N2O3S. The fourth-order valence-electron chi connectivity index (χ4n) is 2.78. The van der Waals surface area contributed by atoms with Crippen LogP contribution in [0.15, 0.2) is 54.6 Å². The van der Waals surface area contributed by atoms with Crippen LogP contribution in [0.1, 0.15) is 5.01 Å². The van der Waals surface area contributed by atoms with Gasteiger partial charge in [0, 0.05) is 13.1 Å². The predicted octanol–water partition coefficient (Wildman–Crippen LogP) is 3.61. The maximum absolute atomic E-state index is 12.4. The fraction of sp³-hybridized carbons (Fsp3) is 0.200. The van der Waals surface area contributed by atoms with E-state index in [1.807, 2.05) is 48.5 Å². The Bertz CT molecular complexity index is 933. The molecule has 2 aromatic carbocycles. The lowest BCUT2D eigenvalue weighted by molar-refractivity contribution is -0.126. The number of benzene rings is 2. The average Bonchev–Trinajstić information content (AvgIpc) is 3.09. The number of rotatable bonds is 4. The van der Waals surface area contributed by atoms with Gasteiger partial charge in [0.05, 0.1) is 16.8 Å². The molecule has 26 heavy (non-hydrogen) atoms. The number of nitrogens with zero attached hydrogens (tertiary/aromatic N) is 2. The van der Waals surface area contributed by atoms with Crippen molar-refractivity contribution in [1.29, 1.82) is 0 Å². The van der Waals surface area contributed by atoms with E-state index in [-0.39, 0.29) is 12.0 Å². The SMILES string of the molecule is CN(CC1COc2ccccc2O1)C(=O)/C=C/c1nc2ccccc2s1. The average molecular weight is 366 g/mol. The number of thiazole rings is 1. The van der Waals surface area contributed by atoms with Crippen LogP contribution in [-0.4, -0.2) is 42.1 Å². The van der Waals surface area contributed by atoms with Gasteiger partial charge in [-0.2, -0.15) is 0 Å². The lowest BCUT2D eigenvalue weighted by Crippen LogP contribution is -2.41. The molecular weight excluding hydrogens is 348 g/mol. The molecule has 0 spiro atoms. The molecule has 1 amide bonds. The van der Waals surface area contributed by atoms with Crippen molar-refractivity contribution in [1.82, 2.24) is 9.88 Å². The molecule has 0 aliphatic carbocycles. The first-order chi connectivity index (χ1) is 12.7. The van der Waals surface area contributed by atoms with Crippen molar-refractivity contribution in [3.05, 3.63) is 59.6 Å². The third kappa shape index (κ3) is 3.55. The zero-order valence-corrected chi connectivity index (χ0v) is 15.1. The third-order valence-corrected chi connectivity index (χ3v) is 5.10. The Morgan fingerprint density at radius 3 is 2.85 bits per heavy atom. The zero-order chi connectivity index (χ0) is 17.9. The molecule has 1 aliphatic rings. The van der Waals surface area contributed by atoms with Crippen molar-refractivity contribution >= 4 is 33.5 Å². The first-order valence-electron chi connectivity index (χ1n) is 8.36. The lowest BCUT2D eigenvalue weighted by Gasteiger charge is -2.29. The van der Waals surface area contributed by atoms with Gasteiger partial charge in [0.2, 0.25) is 5.91 Å². The van der Waals surface area contributed by atoms with E-state index in [0.717, 1.165) is 26.7 Å². The Kier molecular flexibility index (Phi) is 4.58. The number of ether oxygens (including phenoxy) is 2. The number of carbonyl (C=O) groups excluding carboxylic acids is 1. The maximum atomic E-state index is 12.4. The van der Waals surface area contributed by atoms with Crippen LogP contribution < -0.4 is 9.47 Å². The molecule has 1 aromatic heterocycles. The van der Waals surface area contributed by atoms with Crippen LogP contribution in [0.5, 0.6) is 11.5 Å². The highest BCUT2D eigenvalue weighted by atomic mass is 32.1. The molecule has 0 bridgehead atoms. The summed E-state index contributed by atoms with van der Waals surface area (Å²) in [4.78, 5) is 18.5. The summed E-state index contributed by atoms with van der Waals surface area (Å²) in [5.74, 6) is 1.37. The van der Waals surface area contributed by atoms with E-state index in [0.29, 0.717) is 13.2 Å². The Labute approximate surface area is 155 Å². The molecule has 2 heterocycles. The van der Waals surface area contributed by atoms with Crippen LogP contribution in [0.4, 0.5) is 0 Å². The summed E-state index contributed by atoms with van der Waals surface area (Å²) in [6.45, 7) is 0.883. The zero-order valence-electron chi connectivity index (χ0n) is 14.3. The smallest absolute Gasteiger partial charge is 0.246 e. The van der Waals surface area contributed by atoms with Crippen molar-refractivity contribution in [2.75, 3.05) is 20.2 Å². The molecule has 1 aliphatic heterocycles. The van der Waals surface area contributed by atoms with Gasteiger partial charge in [-0.1, -0.05) is 24.3 Å². The minimum absolute atomic E-state index is 0.0910. The summed E-state index contributed by atoms with van der Waals surface area (Å²) in [5.41, 5.74) is 0.948. The molecule has 3 aromatic rings. The quantitative estimate of drug-likeness (QED) is 0.662. The van der Waals surface area contributed by atoms with Gasteiger partial charge >= 0.3 is 0 Å². The standard InChI is InChI=1S/C20H18N2O3S/c1-22(12-14-13-24-16-7-3-4-8-17(16)25-14)20(23)11-10-19-21-15-6-2-5-9-18(15)26-19/h2-11,14H,12-13H2,1H3/b11-10+. The first-order valence-corrected chi connectivity index (χ1v) is 9.18. The summed E-state index contributed by atoms with van der Waals surface area (Å²) in [5, 5.41) is 0.819. The highest BCUT2D eigenvalue weighted by Gasteiger charge is 2.23. The Balaban J connectivity index is 1.37. The number of para-hydroxylation sites is 3. The van der Waals surface area contributed by atoms with Gasteiger partial charge in [0.1, 0.15) is 11.6 Å². The number of carbonyl (C=O) groups is 1. The van der Waals surface area contributed by atoms with E-state index in [1.54, 1.807) is 35.4 Å². The second-order valence-corrected chi connectivity index (χ2v) is 7.13.